The summed E-state index contributed by atoms with van der Waals surface area (Å²) in [6.07, 6.45) is 1.76. The van der Waals surface area contributed by atoms with E-state index in [0.717, 1.165) is 25.0 Å². The number of nitrogens with zero attached hydrogens (tertiary/aromatic N) is 2. The number of phenols is 1. The molecule has 5 rings (SSSR count). The highest BCUT2D eigenvalue weighted by Crippen LogP contribution is 2.39. The van der Waals surface area contributed by atoms with Crippen molar-refractivity contribution < 1.29 is 9.90 Å². The molecule has 1 amide bonds. The van der Waals surface area contributed by atoms with Crippen LogP contribution >= 0.6 is 38.9 Å². The zero-order valence-corrected chi connectivity index (χ0v) is 19.1. The highest BCUT2D eigenvalue weighted by molar-refractivity contribution is 9.10. The monoisotopic (exact) mass is 508 g/mol. The third kappa shape index (κ3) is 3.67. The van der Waals surface area contributed by atoms with E-state index in [4.69, 9.17) is 16.6 Å². The summed E-state index contributed by atoms with van der Waals surface area (Å²) in [6, 6.07) is 22.0. The molecule has 0 saturated heterocycles. The predicted molar refractivity (Wildman–Crippen MR) is 131 cm³/mol. The predicted octanol–water partition coefficient (Wildman–Crippen LogP) is 6.86. The summed E-state index contributed by atoms with van der Waals surface area (Å²) >= 11 is 11.7. The zero-order valence-electron chi connectivity index (χ0n) is 15.9. The number of thiophene rings is 1. The molecular formula is C24H14BrClN2O2S. The van der Waals surface area contributed by atoms with Crippen molar-refractivity contribution in [1.29, 1.82) is 0 Å². The number of anilines is 1. The third-order valence-electron chi connectivity index (χ3n) is 4.86. The molecule has 1 N–H and O–H groups in total. The Labute approximate surface area is 195 Å². The molecule has 4 nitrogen and oxygen atoms in total. The fourth-order valence-corrected chi connectivity index (χ4v) is 5.33. The number of amides is 1. The summed E-state index contributed by atoms with van der Waals surface area (Å²) in [7, 11) is 0. The lowest BCUT2D eigenvalue weighted by Gasteiger charge is -2.18. The Balaban J connectivity index is 1.69. The molecule has 0 atom stereocenters. The van der Waals surface area contributed by atoms with Gasteiger partial charge < -0.3 is 5.11 Å². The standard InChI is InChI=1S/C24H14BrClN2O2S/c25-15-5-3-4-14(12-15)13-19-24(30)28(16-8-10-17(29)11-9-16)23(27-19)22-21(26)18-6-1-2-7-20(18)31-22/h1-13,29H/b19-13+. The van der Waals surface area contributed by atoms with Crippen molar-refractivity contribution in [3.8, 4) is 5.75 Å². The fourth-order valence-electron chi connectivity index (χ4n) is 3.42. The van der Waals surface area contributed by atoms with Gasteiger partial charge in [-0.2, -0.15) is 0 Å². The molecule has 0 unspecified atom stereocenters. The molecule has 0 bridgehead atoms. The number of rotatable bonds is 3. The van der Waals surface area contributed by atoms with Gasteiger partial charge in [0.2, 0.25) is 0 Å². The van der Waals surface area contributed by atoms with Gasteiger partial charge in [-0.3, -0.25) is 9.69 Å². The molecule has 0 radical (unpaired) electrons. The van der Waals surface area contributed by atoms with Crippen LogP contribution in [-0.4, -0.2) is 16.8 Å². The number of amidine groups is 1. The average Bonchev–Trinajstić information content (AvgIpc) is 3.26. The normalized spacial score (nSPS) is 15.2. The highest BCUT2D eigenvalue weighted by Gasteiger charge is 2.35. The molecule has 2 heterocycles. The minimum absolute atomic E-state index is 0.124. The van der Waals surface area contributed by atoms with Crippen molar-refractivity contribution in [3.63, 3.8) is 0 Å². The van der Waals surface area contributed by atoms with E-state index in [1.54, 1.807) is 35.2 Å². The van der Waals surface area contributed by atoms with Gasteiger partial charge in [0.1, 0.15) is 11.4 Å². The van der Waals surface area contributed by atoms with Crippen molar-refractivity contribution in [1.82, 2.24) is 0 Å². The summed E-state index contributed by atoms with van der Waals surface area (Å²) in [5.41, 5.74) is 1.78. The quantitative estimate of drug-likeness (QED) is 0.307. The highest BCUT2D eigenvalue weighted by atomic mass is 79.9. The number of benzene rings is 3. The first-order chi connectivity index (χ1) is 15.0. The second kappa shape index (κ2) is 7.96. The largest absolute Gasteiger partial charge is 0.508 e. The van der Waals surface area contributed by atoms with E-state index in [-0.39, 0.29) is 11.7 Å². The Morgan fingerprint density at radius 3 is 2.55 bits per heavy atom. The number of fused-ring (bicyclic) bond motifs is 1. The summed E-state index contributed by atoms with van der Waals surface area (Å²) in [6.45, 7) is 0. The van der Waals surface area contributed by atoms with Gasteiger partial charge in [0.25, 0.3) is 5.91 Å². The van der Waals surface area contributed by atoms with Gasteiger partial charge in [-0.05, 0) is 54.1 Å². The van der Waals surface area contributed by atoms with Gasteiger partial charge in [-0.1, -0.05) is 57.9 Å². The minimum atomic E-state index is -0.255. The van der Waals surface area contributed by atoms with E-state index in [1.807, 2.05) is 48.5 Å². The Morgan fingerprint density at radius 1 is 1.03 bits per heavy atom. The molecule has 31 heavy (non-hydrogen) atoms. The van der Waals surface area contributed by atoms with Gasteiger partial charge in [-0.25, -0.2) is 4.99 Å². The number of phenolic OH excluding ortho intramolecular Hbond substituents is 1. The number of halogens is 2. The van der Waals surface area contributed by atoms with E-state index in [2.05, 4.69) is 15.9 Å². The average molecular weight is 510 g/mol. The third-order valence-corrected chi connectivity index (χ3v) is 7.02. The second-order valence-electron chi connectivity index (χ2n) is 6.92. The van der Waals surface area contributed by atoms with Gasteiger partial charge in [0.15, 0.2) is 5.84 Å². The van der Waals surface area contributed by atoms with Gasteiger partial charge in [0.05, 0.1) is 15.6 Å². The van der Waals surface area contributed by atoms with Crippen molar-refractivity contribution in [3.05, 3.63) is 98.4 Å². The second-order valence-corrected chi connectivity index (χ2v) is 9.26. The number of carbonyl (C=O) groups is 1. The van der Waals surface area contributed by atoms with Crippen LogP contribution in [0.25, 0.3) is 16.2 Å². The van der Waals surface area contributed by atoms with Crippen molar-refractivity contribution >= 4 is 72.5 Å². The van der Waals surface area contributed by atoms with Crippen LogP contribution in [0.4, 0.5) is 5.69 Å². The van der Waals surface area contributed by atoms with E-state index in [1.165, 1.54) is 11.3 Å². The van der Waals surface area contributed by atoms with E-state index in [0.29, 0.717) is 22.2 Å². The zero-order chi connectivity index (χ0) is 21.5. The molecule has 4 aromatic rings. The SMILES string of the molecule is O=C1/C(=C\c2cccc(Br)c2)N=C(c2sc3ccccc3c2Cl)N1c1ccc(O)cc1. The first-order valence-electron chi connectivity index (χ1n) is 9.38. The first kappa shape index (κ1) is 20.0. The summed E-state index contributed by atoms with van der Waals surface area (Å²) in [5.74, 6) is 0.344. The van der Waals surface area contributed by atoms with Crippen LogP contribution in [-0.2, 0) is 4.79 Å². The van der Waals surface area contributed by atoms with Crippen LogP contribution in [0.2, 0.25) is 5.02 Å². The van der Waals surface area contributed by atoms with Crippen molar-refractivity contribution in [2.45, 2.75) is 0 Å². The van der Waals surface area contributed by atoms with Crippen LogP contribution in [0.5, 0.6) is 5.75 Å². The molecule has 152 valence electrons. The number of aliphatic imine (C=N–C) groups is 1. The molecule has 1 aliphatic rings. The Morgan fingerprint density at radius 2 is 1.81 bits per heavy atom. The Kier molecular flexibility index (Phi) is 5.14. The Hall–Kier alpha value is -2.93. The van der Waals surface area contributed by atoms with Crippen molar-refractivity contribution in [2.24, 2.45) is 4.99 Å². The number of aromatic hydroxyl groups is 1. The number of hydrogen-bond acceptors (Lipinski definition) is 4. The molecule has 1 aliphatic heterocycles. The summed E-state index contributed by atoms with van der Waals surface area (Å²) < 4.78 is 1.94. The van der Waals surface area contributed by atoms with Crippen molar-refractivity contribution in [2.75, 3.05) is 4.90 Å². The Bertz CT molecular complexity index is 1390. The van der Waals surface area contributed by atoms with Gasteiger partial charge in [-0.15, -0.1) is 11.3 Å². The van der Waals surface area contributed by atoms with Crippen LogP contribution in [0.1, 0.15) is 10.4 Å². The molecule has 0 aliphatic carbocycles. The smallest absolute Gasteiger partial charge is 0.282 e. The maximum atomic E-state index is 13.4. The van der Waals surface area contributed by atoms with Crippen LogP contribution in [0.15, 0.2) is 88.0 Å². The molecule has 0 saturated carbocycles. The lowest BCUT2D eigenvalue weighted by Crippen LogP contribution is -2.32. The topological polar surface area (TPSA) is 52.9 Å². The summed E-state index contributed by atoms with van der Waals surface area (Å²) in [4.78, 5) is 20.4. The first-order valence-corrected chi connectivity index (χ1v) is 11.4. The maximum Gasteiger partial charge on any atom is 0.282 e. The molecule has 0 spiro atoms. The lowest BCUT2D eigenvalue weighted by atomic mass is 10.2. The molecular weight excluding hydrogens is 496 g/mol. The lowest BCUT2D eigenvalue weighted by molar-refractivity contribution is -0.113. The maximum absolute atomic E-state index is 13.4. The van der Waals surface area contributed by atoms with E-state index >= 15 is 0 Å². The minimum Gasteiger partial charge on any atom is -0.508 e. The van der Waals surface area contributed by atoms with Gasteiger partial charge in [0, 0.05) is 14.6 Å². The van der Waals surface area contributed by atoms with Crippen LogP contribution in [0, 0.1) is 0 Å². The van der Waals surface area contributed by atoms with Crippen LogP contribution < -0.4 is 4.90 Å². The van der Waals surface area contributed by atoms with Gasteiger partial charge >= 0.3 is 0 Å². The van der Waals surface area contributed by atoms with Crippen LogP contribution in [0.3, 0.4) is 0 Å². The van der Waals surface area contributed by atoms with E-state index in [9.17, 15) is 9.90 Å². The fraction of sp³-hybridized carbons (Fsp3) is 0. The summed E-state index contributed by atoms with van der Waals surface area (Å²) in [5, 5.41) is 11.2. The number of hydrogen-bond donors (Lipinski definition) is 1. The van der Waals surface area contributed by atoms with E-state index < -0.39 is 0 Å². The molecule has 3 aromatic carbocycles. The molecule has 1 aromatic heterocycles. The number of carbonyl (C=O) groups excluding carboxylic acids is 1. The molecule has 0 fully saturated rings. The molecule has 7 heteroatoms.